The SMILES string of the molecule is CC(C)(C)c1cncc(CNC2CCc3ccc(C#N)cc32)c1. The van der Waals surface area contributed by atoms with Gasteiger partial charge < -0.3 is 5.32 Å². The van der Waals surface area contributed by atoms with E-state index in [1.807, 2.05) is 24.5 Å². The molecule has 1 unspecified atom stereocenters. The van der Waals surface area contributed by atoms with Gasteiger partial charge in [0.1, 0.15) is 0 Å². The number of benzene rings is 1. The summed E-state index contributed by atoms with van der Waals surface area (Å²) in [6.07, 6.45) is 6.06. The maximum atomic E-state index is 9.09. The van der Waals surface area contributed by atoms with E-state index in [1.54, 1.807) is 0 Å². The normalized spacial score (nSPS) is 16.9. The lowest BCUT2D eigenvalue weighted by atomic mass is 9.87. The fourth-order valence-corrected chi connectivity index (χ4v) is 3.12. The first-order valence-electron chi connectivity index (χ1n) is 8.18. The van der Waals surface area contributed by atoms with Crippen LogP contribution in [0, 0.1) is 11.3 Å². The molecular weight excluding hydrogens is 282 g/mol. The zero-order chi connectivity index (χ0) is 16.4. The highest BCUT2D eigenvalue weighted by Gasteiger charge is 2.22. The van der Waals surface area contributed by atoms with E-state index in [4.69, 9.17) is 5.26 Å². The second kappa shape index (κ2) is 6.14. The summed E-state index contributed by atoms with van der Waals surface area (Å²) in [6, 6.07) is 10.8. The molecule has 0 fully saturated rings. The summed E-state index contributed by atoms with van der Waals surface area (Å²) >= 11 is 0. The number of hydrogen-bond acceptors (Lipinski definition) is 3. The second-order valence-electron chi connectivity index (χ2n) is 7.33. The summed E-state index contributed by atoms with van der Waals surface area (Å²) in [5.41, 5.74) is 5.98. The first-order chi connectivity index (χ1) is 11.0. The largest absolute Gasteiger partial charge is 0.306 e. The highest BCUT2D eigenvalue weighted by molar-refractivity contribution is 5.42. The monoisotopic (exact) mass is 305 g/mol. The predicted molar refractivity (Wildman–Crippen MR) is 92.0 cm³/mol. The van der Waals surface area contributed by atoms with Crippen LogP contribution in [-0.2, 0) is 18.4 Å². The molecule has 2 aromatic rings. The van der Waals surface area contributed by atoms with Crippen molar-refractivity contribution in [3.63, 3.8) is 0 Å². The Morgan fingerprint density at radius 2 is 2.09 bits per heavy atom. The Hall–Kier alpha value is -2.18. The molecule has 0 saturated heterocycles. The number of aryl methyl sites for hydroxylation is 1. The maximum absolute atomic E-state index is 9.09. The van der Waals surface area contributed by atoms with E-state index in [0.717, 1.165) is 24.9 Å². The van der Waals surface area contributed by atoms with Crippen LogP contribution < -0.4 is 5.32 Å². The molecule has 0 radical (unpaired) electrons. The van der Waals surface area contributed by atoms with E-state index in [2.05, 4.69) is 49.3 Å². The van der Waals surface area contributed by atoms with E-state index in [1.165, 1.54) is 22.3 Å². The Bertz CT molecular complexity index is 750. The van der Waals surface area contributed by atoms with Crippen molar-refractivity contribution in [3.05, 3.63) is 64.5 Å². The fraction of sp³-hybridized carbons (Fsp3) is 0.400. The minimum absolute atomic E-state index is 0.116. The van der Waals surface area contributed by atoms with Crippen LogP contribution in [0.4, 0.5) is 0 Å². The first kappa shape index (κ1) is 15.7. The molecule has 1 aliphatic rings. The zero-order valence-corrected chi connectivity index (χ0v) is 14.1. The quantitative estimate of drug-likeness (QED) is 0.931. The Morgan fingerprint density at radius 1 is 1.26 bits per heavy atom. The fourth-order valence-electron chi connectivity index (χ4n) is 3.12. The lowest BCUT2D eigenvalue weighted by molar-refractivity contribution is 0.527. The van der Waals surface area contributed by atoms with Crippen LogP contribution in [0.5, 0.6) is 0 Å². The third kappa shape index (κ3) is 3.43. The highest BCUT2D eigenvalue weighted by atomic mass is 14.9. The lowest BCUT2D eigenvalue weighted by Crippen LogP contribution is -2.19. The number of nitrogens with zero attached hydrogens (tertiary/aromatic N) is 2. The van der Waals surface area contributed by atoms with E-state index in [9.17, 15) is 0 Å². The molecule has 1 N–H and O–H groups in total. The molecule has 0 saturated carbocycles. The van der Waals surface area contributed by atoms with Gasteiger partial charge in [-0.05, 0) is 52.6 Å². The second-order valence-corrected chi connectivity index (χ2v) is 7.33. The molecule has 3 heteroatoms. The highest BCUT2D eigenvalue weighted by Crippen LogP contribution is 2.32. The van der Waals surface area contributed by atoms with Crippen molar-refractivity contribution < 1.29 is 0 Å². The number of aromatic nitrogens is 1. The zero-order valence-electron chi connectivity index (χ0n) is 14.1. The van der Waals surface area contributed by atoms with Crippen LogP contribution in [-0.4, -0.2) is 4.98 Å². The van der Waals surface area contributed by atoms with E-state index < -0.39 is 0 Å². The van der Waals surface area contributed by atoms with Gasteiger partial charge in [-0.25, -0.2) is 0 Å². The van der Waals surface area contributed by atoms with Gasteiger partial charge >= 0.3 is 0 Å². The van der Waals surface area contributed by atoms with Gasteiger partial charge in [0.25, 0.3) is 0 Å². The van der Waals surface area contributed by atoms with Gasteiger partial charge in [0.15, 0.2) is 0 Å². The van der Waals surface area contributed by atoms with Crippen molar-refractivity contribution in [2.75, 3.05) is 0 Å². The van der Waals surface area contributed by atoms with Crippen LogP contribution in [0.15, 0.2) is 36.7 Å². The summed E-state index contributed by atoms with van der Waals surface area (Å²) in [6.45, 7) is 7.42. The summed E-state index contributed by atoms with van der Waals surface area (Å²) in [7, 11) is 0. The average molecular weight is 305 g/mol. The molecule has 118 valence electrons. The molecule has 0 bridgehead atoms. The van der Waals surface area contributed by atoms with Gasteiger partial charge in [-0.2, -0.15) is 5.26 Å². The molecule has 3 nitrogen and oxygen atoms in total. The predicted octanol–water partition coefficient (Wildman–Crippen LogP) is 4.03. The van der Waals surface area contributed by atoms with Crippen molar-refractivity contribution in [1.82, 2.24) is 10.3 Å². The summed E-state index contributed by atoms with van der Waals surface area (Å²) in [5, 5.41) is 12.7. The molecule has 0 amide bonds. The first-order valence-corrected chi connectivity index (χ1v) is 8.18. The lowest BCUT2D eigenvalue weighted by Gasteiger charge is -2.20. The standard InChI is InChI=1S/C20H23N3/c1-20(2,3)17-8-15(11-22-13-17)12-23-19-7-6-16-5-4-14(10-21)9-18(16)19/h4-5,8-9,11,13,19,23H,6-7,12H2,1-3H3. The summed E-state index contributed by atoms with van der Waals surface area (Å²) < 4.78 is 0. The van der Waals surface area contributed by atoms with E-state index >= 15 is 0 Å². The molecule has 1 atom stereocenters. The molecule has 3 rings (SSSR count). The van der Waals surface area contributed by atoms with Gasteiger partial charge in [-0.1, -0.05) is 32.9 Å². The Kier molecular flexibility index (Phi) is 4.19. The molecule has 1 aromatic carbocycles. The van der Waals surface area contributed by atoms with Crippen LogP contribution in [0.2, 0.25) is 0 Å². The van der Waals surface area contributed by atoms with Gasteiger partial charge in [0.2, 0.25) is 0 Å². The third-order valence-corrected chi connectivity index (χ3v) is 4.57. The Morgan fingerprint density at radius 3 is 2.83 bits per heavy atom. The molecule has 1 aliphatic carbocycles. The van der Waals surface area contributed by atoms with Crippen LogP contribution in [0.3, 0.4) is 0 Å². The molecule has 1 heterocycles. The van der Waals surface area contributed by atoms with Gasteiger partial charge in [0, 0.05) is 25.0 Å². The van der Waals surface area contributed by atoms with Crippen molar-refractivity contribution in [2.24, 2.45) is 0 Å². The van der Waals surface area contributed by atoms with Crippen molar-refractivity contribution in [3.8, 4) is 6.07 Å². The number of pyridine rings is 1. The van der Waals surface area contributed by atoms with Crippen LogP contribution in [0.25, 0.3) is 0 Å². The van der Waals surface area contributed by atoms with E-state index in [-0.39, 0.29) is 5.41 Å². The molecule has 0 aliphatic heterocycles. The number of nitrogens with one attached hydrogen (secondary N) is 1. The van der Waals surface area contributed by atoms with Crippen LogP contribution in [0.1, 0.15) is 61.1 Å². The number of nitriles is 1. The van der Waals surface area contributed by atoms with Gasteiger partial charge in [-0.3, -0.25) is 4.98 Å². The maximum Gasteiger partial charge on any atom is 0.0991 e. The van der Waals surface area contributed by atoms with Crippen molar-refractivity contribution >= 4 is 0 Å². The third-order valence-electron chi connectivity index (χ3n) is 4.57. The van der Waals surface area contributed by atoms with Gasteiger partial charge in [0.05, 0.1) is 11.6 Å². The average Bonchev–Trinajstić information content (AvgIpc) is 2.94. The Labute approximate surface area is 138 Å². The van der Waals surface area contributed by atoms with Crippen LogP contribution >= 0.6 is 0 Å². The van der Waals surface area contributed by atoms with E-state index in [0.29, 0.717) is 6.04 Å². The van der Waals surface area contributed by atoms with Crippen molar-refractivity contribution in [2.45, 2.75) is 51.6 Å². The number of hydrogen-bond donors (Lipinski definition) is 1. The minimum Gasteiger partial charge on any atom is -0.306 e. The summed E-state index contributed by atoms with van der Waals surface area (Å²) in [5.74, 6) is 0. The topological polar surface area (TPSA) is 48.7 Å². The molecule has 0 spiro atoms. The number of rotatable bonds is 3. The Balaban J connectivity index is 1.73. The molecule has 23 heavy (non-hydrogen) atoms. The van der Waals surface area contributed by atoms with Gasteiger partial charge in [-0.15, -0.1) is 0 Å². The number of fused-ring (bicyclic) bond motifs is 1. The summed E-state index contributed by atoms with van der Waals surface area (Å²) in [4.78, 5) is 4.38. The minimum atomic E-state index is 0.116. The molecular formula is C20H23N3. The van der Waals surface area contributed by atoms with Crippen molar-refractivity contribution in [1.29, 1.82) is 5.26 Å². The molecule has 1 aromatic heterocycles. The smallest absolute Gasteiger partial charge is 0.0991 e.